The number of hydrogen-bond acceptors (Lipinski definition) is 6. The van der Waals surface area contributed by atoms with Gasteiger partial charge < -0.3 is 19.8 Å². The molecule has 0 radical (unpaired) electrons. The lowest BCUT2D eigenvalue weighted by Crippen LogP contribution is -2.54. The van der Waals surface area contributed by atoms with E-state index in [0.29, 0.717) is 6.42 Å². The predicted octanol–water partition coefficient (Wildman–Crippen LogP) is -0.124. The number of fused-ring (bicyclic) bond motifs is 1. The zero-order chi connectivity index (χ0) is 11.9. The molecule has 0 aromatic carbocycles. The summed E-state index contributed by atoms with van der Waals surface area (Å²) in [6.07, 6.45) is -1.26. The third-order valence-electron chi connectivity index (χ3n) is 2.93. The number of ether oxygens (including phenoxy) is 1. The van der Waals surface area contributed by atoms with Crippen LogP contribution < -0.4 is 0 Å². The van der Waals surface area contributed by atoms with Gasteiger partial charge in [0.15, 0.2) is 5.17 Å². The third-order valence-corrected chi connectivity index (χ3v) is 4.24. The minimum Gasteiger partial charge on any atom is -0.388 e. The van der Waals surface area contributed by atoms with Crippen LogP contribution >= 0.6 is 11.8 Å². The SMILES string of the molecule is CC[C@H]1O[C@@H]2SC(N(C)C)=N[C@@H]2C(O)C1O. The van der Waals surface area contributed by atoms with Crippen LogP contribution in [0.1, 0.15) is 13.3 Å². The highest BCUT2D eigenvalue weighted by molar-refractivity contribution is 8.14. The average Bonchev–Trinajstić information content (AvgIpc) is 2.67. The number of hydrogen-bond donors (Lipinski definition) is 2. The molecule has 2 unspecified atom stereocenters. The van der Waals surface area contributed by atoms with Crippen LogP contribution in [0.4, 0.5) is 0 Å². The van der Waals surface area contributed by atoms with Gasteiger partial charge in [-0.3, -0.25) is 4.99 Å². The molecule has 0 spiro atoms. The summed E-state index contributed by atoms with van der Waals surface area (Å²) >= 11 is 1.51. The molecule has 0 aliphatic carbocycles. The van der Waals surface area contributed by atoms with E-state index in [1.807, 2.05) is 25.9 Å². The molecule has 16 heavy (non-hydrogen) atoms. The van der Waals surface area contributed by atoms with Crippen molar-refractivity contribution in [2.75, 3.05) is 14.1 Å². The lowest BCUT2D eigenvalue weighted by atomic mass is 9.97. The van der Waals surface area contributed by atoms with Gasteiger partial charge in [0, 0.05) is 14.1 Å². The number of amidine groups is 1. The van der Waals surface area contributed by atoms with Crippen molar-refractivity contribution >= 4 is 16.9 Å². The molecule has 2 rings (SSSR count). The Kier molecular flexibility index (Phi) is 3.44. The van der Waals surface area contributed by atoms with E-state index in [1.54, 1.807) is 0 Å². The molecule has 2 aliphatic heterocycles. The monoisotopic (exact) mass is 246 g/mol. The lowest BCUT2D eigenvalue weighted by Gasteiger charge is -2.37. The van der Waals surface area contributed by atoms with E-state index in [0.717, 1.165) is 5.17 Å². The van der Waals surface area contributed by atoms with Crippen LogP contribution in [0.3, 0.4) is 0 Å². The fourth-order valence-corrected chi connectivity index (χ4v) is 3.13. The minimum atomic E-state index is -0.836. The Hall–Kier alpha value is -0.300. The smallest absolute Gasteiger partial charge is 0.161 e. The first-order chi connectivity index (χ1) is 7.54. The third kappa shape index (κ3) is 1.95. The molecule has 0 saturated carbocycles. The Morgan fingerprint density at radius 3 is 2.62 bits per heavy atom. The number of aliphatic hydroxyl groups excluding tert-OH is 2. The van der Waals surface area contributed by atoms with E-state index in [4.69, 9.17) is 4.74 Å². The van der Waals surface area contributed by atoms with Gasteiger partial charge in [-0.25, -0.2) is 0 Å². The molecule has 5 nitrogen and oxygen atoms in total. The Labute approximate surface area is 99.5 Å². The van der Waals surface area contributed by atoms with Crippen LogP contribution in [0.25, 0.3) is 0 Å². The molecule has 2 N–H and O–H groups in total. The zero-order valence-electron chi connectivity index (χ0n) is 9.70. The van der Waals surface area contributed by atoms with E-state index in [1.165, 1.54) is 11.8 Å². The van der Waals surface area contributed by atoms with Crippen LogP contribution in [0.15, 0.2) is 4.99 Å². The van der Waals surface area contributed by atoms with Crippen LogP contribution in [-0.4, -0.2) is 64.2 Å². The second kappa shape index (κ2) is 4.52. The first-order valence-electron chi connectivity index (χ1n) is 5.48. The van der Waals surface area contributed by atoms with Crippen molar-refractivity contribution in [2.24, 2.45) is 4.99 Å². The van der Waals surface area contributed by atoms with E-state index < -0.39 is 12.2 Å². The molecule has 6 heteroatoms. The molecular formula is C10H18N2O3S. The summed E-state index contributed by atoms with van der Waals surface area (Å²) < 4.78 is 5.73. The van der Waals surface area contributed by atoms with Gasteiger partial charge in [0.1, 0.15) is 23.7 Å². The van der Waals surface area contributed by atoms with Crippen molar-refractivity contribution in [3.05, 3.63) is 0 Å². The number of nitrogens with zero attached hydrogens (tertiary/aromatic N) is 2. The van der Waals surface area contributed by atoms with Crippen molar-refractivity contribution in [3.8, 4) is 0 Å². The number of thioether (sulfide) groups is 1. The number of aliphatic hydroxyl groups is 2. The molecule has 1 saturated heterocycles. The Balaban J connectivity index is 2.14. The van der Waals surface area contributed by atoms with Gasteiger partial charge in [0.2, 0.25) is 0 Å². The number of aliphatic imine (C=N–C) groups is 1. The largest absolute Gasteiger partial charge is 0.388 e. The summed E-state index contributed by atoms with van der Waals surface area (Å²) in [4.78, 5) is 6.28. The van der Waals surface area contributed by atoms with E-state index in [-0.39, 0.29) is 17.6 Å². The van der Waals surface area contributed by atoms with Gasteiger partial charge >= 0.3 is 0 Å². The molecule has 2 heterocycles. The van der Waals surface area contributed by atoms with Crippen molar-refractivity contribution in [1.29, 1.82) is 0 Å². The highest BCUT2D eigenvalue weighted by Crippen LogP contribution is 2.37. The molecule has 92 valence electrons. The normalized spacial score (nSPS) is 42.8. The molecule has 5 atom stereocenters. The molecular weight excluding hydrogens is 228 g/mol. The van der Waals surface area contributed by atoms with Gasteiger partial charge in [-0.2, -0.15) is 0 Å². The Bertz CT molecular complexity index is 298. The molecule has 0 aromatic rings. The van der Waals surface area contributed by atoms with Gasteiger partial charge in [-0.1, -0.05) is 18.7 Å². The molecule has 2 aliphatic rings. The first kappa shape index (κ1) is 12.2. The van der Waals surface area contributed by atoms with Crippen molar-refractivity contribution < 1.29 is 14.9 Å². The van der Waals surface area contributed by atoms with Crippen LogP contribution in [0.2, 0.25) is 0 Å². The van der Waals surface area contributed by atoms with Crippen LogP contribution in [0.5, 0.6) is 0 Å². The summed E-state index contributed by atoms with van der Waals surface area (Å²) in [5, 5.41) is 20.7. The van der Waals surface area contributed by atoms with Gasteiger partial charge in [0.25, 0.3) is 0 Å². The van der Waals surface area contributed by atoms with Gasteiger partial charge in [-0.15, -0.1) is 0 Å². The summed E-state index contributed by atoms with van der Waals surface area (Å²) in [7, 11) is 3.81. The second-order valence-electron chi connectivity index (χ2n) is 4.35. The maximum atomic E-state index is 9.98. The predicted molar refractivity (Wildman–Crippen MR) is 63.5 cm³/mol. The van der Waals surface area contributed by atoms with Crippen molar-refractivity contribution in [3.63, 3.8) is 0 Å². The highest BCUT2D eigenvalue weighted by atomic mass is 32.2. The van der Waals surface area contributed by atoms with Crippen LogP contribution in [0, 0.1) is 0 Å². The summed E-state index contributed by atoms with van der Waals surface area (Å²) in [5.41, 5.74) is -0.166. The fourth-order valence-electron chi connectivity index (χ4n) is 1.97. The zero-order valence-corrected chi connectivity index (χ0v) is 10.5. The van der Waals surface area contributed by atoms with E-state index in [9.17, 15) is 10.2 Å². The maximum absolute atomic E-state index is 9.98. The molecule has 1 fully saturated rings. The highest BCUT2D eigenvalue weighted by Gasteiger charge is 2.47. The lowest BCUT2D eigenvalue weighted by molar-refractivity contribution is -0.153. The second-order valence-corrected chi connectivity index (χ2v) is 5.41. The van der Waals surface area contributed by atoms with E-state index >= 15 is 0 Å². The Morgan fingerprint density at radius 1 is 1.38 bits per heavy atom. The van der Waals surface area contributed by atoms with Gasteiger partial charge in [-0.05, 0) is 6.42 Å². The maximum Gasteiger partial charge on any atom is 0.161 e. The molecule has 0 amide bonds. The van der Waals surface area contributed by atoms with E-state index in [2.05, 4.69) is 4.99 Å². The van der Waals surface area contributed by atoms with Crippen molar-refractivity contribution in [1.82, 2.24) is 4.90 Å². The fraction of sp³-hybridized carbons (Fsp3) is 0.900. The molecule has 0 aromatic heterocycles. The Morgan fingerprint density at radius 2 is 2.06 bits per heavy atom. The summed E-state index contributed by atoms with van der Waals surface area (Å²) in [5.74, 6) is 0. The topological polar surface area (TPSA) is 65.3 Å². The van der Waals surface area contributed by atoms with Crippen molar-refractivity contribution in [2.45, 2.75) is 43.1 Å². The number of rotatable bonds is 1. The summed E-state index contributed by atoms with van der Waals surface area (Å²) in [6.45, 7) is 1.94. The first-order valence-corrected chi connectivity index (χ1v) is 6.36. The minimum absolute atomic E-state index is 0.166. The van der Waals surface area contributed by atoms with Crippen LogP contribution in [-0.2, 0) is 4.74 Å². The molecule has 0 bridgehead atoms. The summed E-state index contributed by atoms with van der Waals surface area (Å²) in [6, 6.07) is -0.347. The average molecular weight is 246 g/mol. The van der Waals surface area contributed by atoms with Gasteiger partial charge in [0.05, 0.1) is 6.10 Å². The standard InChI is InChI=1S/C10H18N2O3S/c1-4-5-7(13)8(14)6-9(15-5)16-10(11-6)12(2)3/h5-9,13-14H,4H2,1-3H3/t5-,6-,7?,8?,9-/m1/s1. The quantitative estimate of drug-likeness (QED) is 0.675.